The van der Waals surface area contributed by atoms with E-state index in [-0.39, 0.29) is 11.8 Å². The molecule has 1 heterocycles. The van der Waals surface area contributed by atoms with Crippen molar-refractivity contribution < 1.29 is 14.7 Å². The maximum Gasteiger partial charge on any atom is 0.326 e. The summed E-state index contributed by atoms with van der Waals surface area (Å²) in [6, 6.07) is -0.614. The number of nitrogens with zero attached hydrogens (tertiary/aromatic N) is 1. The number of carboxylic acids is 1. The van der Waals surface area contributed by atoms with Gasteiger partial charge in [0.1, 0.15) is 6.04 Å². The zero-order valence-corrected chi connectivity index (χ0v) is 9.19. The average Bonchev–Trinajstić information content (AvgIpc) is 2.65. The van der Waals surface area contributed by atoms with Crippen molar-refractivity contribution in [2.24, 2.45) is 5.92 Å². The molecule has 0 aromatic heterocycles. The smallest absolute Gasteiger partial charge is 0.326 e. The molecule has 0 aromatic carbocycles. The van der Waals surface area contributed by atoms with E-state index in [0.717, 1.165) is 6.42 Å². The summed E-state index contributed by atoms with van der Waals surface area (Å²) in [6.07, 6.45) is 1.36. The van der Waals surface area contributed by atoms with E-state index in [9.17, 15) is 9.59 Å². The van der Waals surface area contributed by atoms with Crippen molar-refractivity contribution in [1.29, 1.82) is 0 Å². The monoisotopic (exact) mass is 214 g/mol. The van der Waals surface area contributed by atoms with E-state index < -0.39 is 12.0 Å². The van der Waals surface area contributed by atoms with Crippen molar-refractivity contribution >= 4 is 11.9 Å². The summed E-state index contributed by atoms with van der Waals surface area (Å²) in [5.74, 6) is -1.11. The topological polar surface area (TPSA) is 69.6 Å². The molecule has 1 aliphatic rings. The summed E-state index contributed by atoms with van der Waals surface area (Å²) in [5.41, 5.74) is 0. The molecule has 5 nitrogen and oxygen atoms in total. The molecule has 86 valence electrons. The Balaban J connectivity index is 2.62. The SMILES string of the molecule is CNCC(C)C(=O)N1CCC[C@H]1C(=O)O. The lowest BCUT2D eigenvalue weighted by molar-refractivity contribution is -0.149. The first-order chi connectivity index (χ1) is 7.07. The summed E-state index contributed by atoms with van der Waals surface area (Å²) < 4.78 is 0. The molecule has 15 heavy (non-hydrogen) atoms. The summed E-state index contributed by atoms with van der Waals surface area (Å²) >= 11 is 0. The van der Waals surface area contributed by atoms with Crippen molar-refractivity contribution in [3.63, 3.8) is 0 Å². The molecule has 0 spiro atoms. The van der Waals surface area contributed by atoms with E-state index in [0.29, 0.717) is 19.5 Å². The minimum Gasteiger partial charge on any atom is -0.480 e. The van der Waals surface area contributed by atoms with Gasteiger partial charge in [-0.25, -0.2) is 4.79 Å². The van der Waals surface area contributed by atoms with E-state index in [2.05, 4.69) is 5.32 Å². The van der Waals surface area contributed by atoms with Gasteiger partial charge in [0.25, 0.3) is 0 Å². The highest BCUT2D eigenvalue weighted by atomic mass is 16.4. The molecule has 1 fully saturated rings. The number of rotatable bonds is 4. The molecule has 0 radical (unpaired) electrons. The van der Waals surface area contributed by atoms with Crippen LogP contribution in [0.15, 0.2) is 0 Å². The molecule has 1 saturated heterocycles. The lowest BCUT2D eigenvalue weighted by Crippen LogP contribution is -2.44. The normalized spacial score (nSPS) is 22.8. The highest BCUT2D eigenvalue weighted by Crippen LogP contribution is 2.19. The highest BCUT2D eigenvalue weighted by molar-refractivity contribution is 5.85. The second-order valence-electron chi connectivity index (χ2n) is 3.99. The maximum atomic E-state index is 11.9. The van der Waals surface area contributed by atoms with Crippen molar-refractivity contribution in [1.82, 2.24) is 10.2 Å². The number of likely N-dealkylation sites (tertiary alicyclic amines) is 1. The van der Waals surface area contributed by atoms with E-state index in [1.54, 1.807) is 7.05 Å². The molecule has 1 aliphatic heterocycles. The summed E-state index contributed by atoms with van der Waals surface area (Å²) in [7, 11) is 1.78. The van der Waals surface area contributed by atoms with Crippen molar-refractivity contribution in [3.8, 4) is 0 Å². The molecule has 1 unspecified atom stereocenters. The molecule has 2 atom stereocenters. The summed E-state index contributed by atoms with van der Waals surface area (Å²) in [6.45, 7) is 2.97. The third-order valence-corrected chi connectivity index (χ3v) is 2.75. The van der Waals surface area contributed by atoms with Crippen LogP contribution in [0.25, 0.3) is 0 Å². The van der Waals surface area contributed by atoms with Gasteiger partial charge in [0, 0.05) is 19.0 Å². The fourth-order valence-electron chi connectivity index (χ4n) is 1.96. The van der Waals surface area contributed by atoms with Crippen LogP contribution in [-0.2, 0) is 9.59 Å². The zero-order chi connectivity index (χ0) is 11.4. The van der Waals surface area contributed by atoms with Crippen molar-refractivity contribution in [2.45, 2.75) is 25.8 Å². The Hall–Kier alpha value is -1.10. The van der Waals surface area contributed by atoms with Gasteiger partial charge in [0.15, 0.2) is 0 Å². The Morgan fingerprint density at radius 2 is 2.27 bits per heavy atom. The lowest BCUT2D eigenvalue weighted by atomic mass is 10.1. The molecule has 0 aliphatic carbocycles. The summed E-state index contributed by atoms with van der Waals surface area (Å²) in [5, 5.41) is 11.9. The minimum atomic E-state index is -0.891. The first-order valence-corrected chi connectivity index (χ1v) is 5.25. The van der Waals surface area contributed by atoms with Gasteiger partial charge in [-0.1, -0.05) is 6.92 Å². The van der Waals surface area contributed by atoms with Crippen LogP contribution >= 0.6 is 0 Å². The first-order valence-electron chi connectivity index (χ1n) is 5.25. The largest absolute Gasteiger partial charge is 0.480 e. The van der Waals surface area contributed by atoms with E-state index in [4.69, 9.17) is 5.11 Å². The van der Waals surface area contributed by atoms with Gasteiger partial charge in [-0.15, -0.1) is 0 Å². The molecule has 1 rings (SSSR count). The average molecular weight is 214 g/mol. The fraction of sp³-hybridized carbons (Fsp3) is 0.800. The Labute approximate surface area is 89.4 Å². The van der Waals surface area contributed by atoms with E-state index in [1.165, 1.54) is 4.90 Å². The molecule has 5 heteroatoms. The van der Waals surface area contributed by atoms with Crippen LogP contribution in [0.2, 0.25) is 0 Å². The fourth-order valence-corrected chi connectivity index (χ4v) is 1.96. The Morgan fingerprint density at radius 3 is 2.80 bits per heavy atom. The van der Waals surface area contributed by atoms with E-state index >= 15 is 0 Å². The minimum absolute atomic E-state index is 0.0609. The van der Waals surface area contributed by atoms with Gasteiger partial charge in [-0.2, -0.15) is 0 Å². The zero-order valence-electron chi connectivity index (χ0n) is 9.19. The molecule has 2 N–H and O–H groups in total. The third-order valence-electron chi connectivity index (χ3n) is 2.75. The number of amides is 1. The second-order valence-corrected chi connectivity index (χ2v) is 3.99. The van der Waals surface area contributed by atoms with Crippen LogP contribution in [0, 0.1) is 5.92 Å². The predicted octanol–water partition coefficient (Wildman–Crippen LogP) is -0.0825. The number of nitrogens with one attached hydrogen (secondary N) is 1. The van der Waals surface area contributed by atoms with Crippen molar-refractivity contribution in [3.05, 3.63) is 0 Å². The van der Waals surface area contributed by atoms with Gasteiger partial charge < -0.3 is 15.3 Å². The van der Waals surface area contributed by atoms with Crippen LogP contribution < -0.4 is 5.32 Å². The quantitative estimate of drug-likeness (QED) is 0.686. The van der Waals surface area contributed by atoms with Crippen LogP contribution in [0.5, 0.6) is 0 Å². The number of hydrogen-bond acceptors (Lipinski definition) is 3. The van der Waals surface area contributed by atoms with Gasteiger partial charge in [-0.3, -0.25) is 4.79 Å². The Morgan fingerprint density at radius 1 is 1.60 bits per heavy atom. The summed E-state index contributed by atoms with van der Waals surface area (Å²) in [4.78, 5) is 24.3. The van der Waals surface area contributed by atoms with E-state index in [1.807, 2.05) is 6.92 Å². The number of carbonyl (C=O) groups is 2. The number of carbonyl (C=O) groups excluding carboxylic acids is 1. The molecular formula is C10H18N2O3. The molecular weight excluding hydrogens is 196 g/mol. The maximum absolute atomic E-state index is 11.9. The Bertz CT molecular complexity index is 255. The second kappa shape index (κ2) is 5.11. The third kappa shape index (κ3) is 2.68. The van der Waals surface area contributed by atoms with Crippen LogP contribution in [-0.4, -0.2) is 48.1 Å². The van der Waals surface area contributed by atoms with Gasteiger partial charge in [0.05, 0.1) is 0 Å². The predicted molar refractivity (Wildman–Crippen MR) is 55.5 cm³/mol. The Kier molecular flexibility index (Phi) is 4.08. The number of hydrogen-bond donors (Lipinski definition) is 2. The molecule has 0 aromatic rings. The van der Waals surface area contributed by atoms with Crippen LogP contribution in [0.3, 0.4) is 0 Å². The first kappa shape index (κ1) is 12.0. The van der Waals surface area contributed by atoms with Crippen molar-refractivity contribution in [2.75, 3.05) is 20.1 Å². The van der Waals surface area contributed by atoms with Crippen LogP contribution in [0.4, 0.5) is 0 Å². The van der Waals surface area contributed by atoms with Crippen LogP contribution in [0.1, 0.15) is 19.8 Å². The molecule has 0 saturated carbocycles. The van der Waals surface area contributed by atoms with Gasteiger partial charge >= 0.3 is 5.97 Å². The highest BCUT2D eigenvalue weighted by Gasteiger charge is 2.35. The van der Waals surface area contributed by atoms with Gasteiger partial charge in [0.2, 0.25) is 5.91 Å². The van der Waals surface area contributed by atoms with Gasteiger partial charge in [-0.05, 0) is 19.9 Å². The lowest BCUT2D eigenvalue weighted by Gasteiger charge is -2.24. The number of aliphatic carboxylic acids is 1. The standard InChI is InChI=1S/C10H18N2O3/c1-7(6-11-2)9(13)12-5-3-4-8(12)10(14)15/h7-8,11H,3-6H2,1-2H3,(H,14,15)/t7?,8-/m0/s1. The molecule has 1 amide bonds. The molecule has 0 bridgehead atoms. The number of carboxylic acid groups (broad SMARTS) is 1.